The van der Waals surface area contributed by atoms with Gasteiger partial charge in [0.2, 0.25) is 5.78 Å². The standard InChI is InChI=1S/C12H8ClNO/c13-10-6-7-11(14-8-10)12(15)9-4-2-1-3-5-9/h1-8H. The lowest BCUT2D eigenvalue weighted by Crippen LogP contribution is -2.02. The van der Waals surface area contributed by atoms with E-state index in [1.54, 1.807) is 24.3 Å². The minimum atomic E-state index is -0.0905. The number of benzene rings is 1. The maximum Gasteiger partial charge on any atom is 0.211 e. The fourth-order valence-electron chi connectivity index (χ4n) is 1.25. The van der Waals surface area contributed by atoms with E-state index in [1.165, 1.54) is 6.20 Å². The van der Waals surface area contributed by atoms with Crippen LogP contribution in [0.15, 0.2) is 48.7 Å². The number of pyridine rings is 1. The average molecular weight is 218 g/mol. The highest BCUT2D eigenvalue weighted by Gasteiger charge is 2.08. The number of hydrogen-bond donors (Lipinski definition) is 0. The molecule has 2 nitrogen and oxygen atoms in total. The van der Waals surface area contributed by atoms with Crippen LogP contribution in [-0.2, 0) is 0 Å². The summed E-state index contributed by atoms with van der Waals surface area (Å²) in [5.41, 5.74) is 1.04. The van der Waals surface area contributed by atoms with E-state index in [2.05, 4.69) is 4.98 Å². The number of halogens is 1. The molecule has 0 atom stereocenters. The highest BCUT2D eigenvalue weighted by Crippen LogP contribution is 2.10. The summed E-state index contributed by atoms with van der Waals surface area (Å²) in [5, 5.41) is 0.527. The Morgan fingerprint density at radius 3 is 2.40 bits per heavy atom. The fraction of sp³-hybridized carbons (Fsp3) is 0. The molecule has 1 aromatic heterocycles. The third-order valence-corrected chi connectivity index (χ3v) is 2.22. The molecule has 0 aliphatic heterocycles. The zero-order chi connectivity index (χ0) is 10.7. The van der Waals surface area contributed by atoms with E-state index in [9.17, 15) is 4.79 Å². The zero-order valence-corrected chi connectivity index (χ0v) is 8.61. The number of carbonyl (C=O) groups excluding carboxylic acids is 1. The van der Waals surface area contributed by atoms with Gasteiger partial charge in [-0.05, 0) is 12.1 Å². The van der Waals surface area contributed by atoms with E-state index in [-0.39, 0.29) is 5.78 Å². The fourth-order valence-corrected chi connectivity index (χ4v) is 1.36. The van der Waals surface area contributed by atoms with Crippen molar-refractivity contribution in [2.75, 3.05) is 0 Å². The van der Waals surface area contributed by atoms with Crippen molar-refractivity contribution in [1.29, 1.82) is 0 Å². The first-order chi connectivity index (χ1) is 7.27. The van der Waals surface area contributed by atoms with Gasteiger partial charge in [-0.15, -0.1) is 0 Å². The van der Waals surface area contributed by atoms with Crippen molar-refractivity contribution in [3.05, 3.63) is 64.9 Å². The summed E-state index contributed by atoms with van der Waals surface area (Å²) in [5.74, 6) is -0.0905. The van der Waals surface area contributed by atoms with Gasteiger partial charge in [0.1, 0.15) is 5.69 Å². The summed E-state index contributed by atoms with van der Waals surface area (Å²) in [6.07, 6.45) is 1.47. The number of rotatable bonds is 2. The van der Waals surface area contributed by atoms with Gasteiger partial charge in [0.15, 0.2) is 0 Å². The third-order valence-electron chi connectivity index (χ3n) is 2.00. The van der Waals surface area contributed by atoms with E-state index in [0.717, 1.165) is 0 Å². The number of ketones is 1. The Labute approximate surface area is 92.5 Å². The predicted octanol–water partition coefficient (Wildman–Crippen LogP) is 2.97. The molecule has 2 aromatic rings. The predicted molar refractivity (Wildman–Crippen MR) is 59.1 cm³/mol. The highest BCUT2D eigenvalue weighted by atomic mass is 35.5. The normalized spacial score (nSPS) is 9.93. The zero-order valence-electron chi connectivity index (χ0n) is 7.85. The van der Waals surface area contributed by atoms with E-state index in [1.807, 2.05) is 18.2 Å². The molecule has 0 N–H and O–H groups in total. The summed E-state index contributed by atoms with van der Waals surface area (Å²) in [4.78, 5) is 15.8. The monoisotopic (exact) mass is 217 g/mol. The molecule has 0 bridgehead atoms. The molecule has 0 aliphatic carbocycles. The average Bonchev–Trinajstić information content (AvgIpc) is 2.30. The smallest absolute Gasteiger partial charge is 0.211 e. The van der Waals surface area contributed by atoms with Gasteiger partial charge in [0.25, 0.3) is 0 Å². The van der Waals surface area contributed by atoms with Gasteiger partial charge in [-0.25, -0.2) is 0 Å². The summed E-state index contributed by atoms with van der Waals surface area (Å²) in [7, 11) is 0. The maximum absolute atomic E-state index is 11.9. The van der Waals surface area contributed by atoms with Gasteiger partial charge >= 0.3 is 0 Å². The summed E-state index contributed by atoms with van der Waals surface area (Å²) in [6.45, 7) is 0. The van der Waals surface area contributed by atoms with Gasteiger partial charge in [-0.2, -0.15) is 0 Å². The van der Waals surface area contributed by atoms with E-state index >= 15 is 0 Å². The van der Waals surface area contributed by atoms with Crippen molar-refractivity contribution in [2.24, 2.45) is 0 Å². The van der Waals surface area contributed by atoms with Crippen LogP contribution < -0.4 is 0 Å². The van der Waals surface area contributed by atoms with Crippen molar-refractivity contribution in [1.82, 2.24) is 4.98 Å². The first-order valence-corrected chi connectivity index (χ1v) is 4.86. The summed E-state index contributed by atoms with van der Waals surface area (Å²) < 4.78 is 0. The number of nitrogens with zero attached hydrogens (tertiary/aromatic N) is 1. The van der Waals surface area contributed by atoms with Crippen LogP contribution in [0.25, 0.3) is 0 Å². The van der Waals surface area contributed by atoms with Crippen LogP contribution in [0.4, 0.5) is 0 Å². The molecule has 0 radical (unpaired) electrons. The first kappa shape index (κ1) is 9.87. The van der Waals surface area contributed by atoms with Crippen molar-refractivity contribution in [2.45, 2.75) is 0 Å². The van der Waals surface area contributed by atoms with Gasteiger partial charge in [-0.1, -0.05) is 41.9 Å². The Morgan fingerprint density at radius 2 is 1.80 bits per heavy atom. The number of aromatic nitrogens is 1. The van der Waals surface area contributed by atoms with E-state index < -0.39 is 0 Å². The van der Waals surface area contributed by atoms with Crippen LogP contribution in [0.5, 0.6) is 0 Å². The van der Waals surface area contributed by atoms with Crippen LogP contribution in [0.2, 0.25) is 5.02 Å². The van der Waals surface area contributed by atoms with E-state index in [4.69, 9.17) is 11.6 Å². The topological polar surface area (TPSA) is 30.0 Å². The lowest BCUT2D eigenvalue weighted by atomic mass is 10.1. The first-order valence-electron chi connectivity index (χ1n) is 4.48. The Morgan fingerprint density at radius 1 is 1.07 bits per heavy atom. The molecule has 0 fully saturated rings. The van der Waals surface area contributed by atoms with Gasteiger partial charge in [0.05, 0.1) is 5.02 Å². The molecular weight excluding hydrogens is 210 g/mol. The lowest BCUT2D eigenvalue weighted by molar-refractivity contribution is 0.103. The molecule has 15 heavy (non-hydrogen) atoms. The van der Waals surface area contributed by atoms with Crippen LogP contribution in [0.3, 0.4) is 0 Å². The summed E-state index contributed by atoms with van der Waals surface area (Å²) in [6, 6.07) is 12.3. The van der Waals surface area contributed by atoms with Crippen molar-refractivity contribution in [3.63, 3.8) is 0 Å². The molecule has 0 unspecified atom stereocenters. The highest BCUT2D eigenvalue weighted by molar-refractivity contribution is 6.30. The second-order valence-corrected chi connectivity index (χ2v) is 3.49. The lowest BCUT2D eigenvalue weighted by Gasteiger charge is -1.99. The van der Waals surface area contributed by atoms with Crippen molar-refractivity contribution >= 4 is 17.4 Å². The molecule has 0 saturated carbocycles. The van der Waals surface area contributed by atoms with Crippen LogP contribution >= 0.6 is 11.6 Å². The molecule has 3 heteroatoms. The molecule has 0 spiro atoms. The molecule has 0 amide bonds. The third kappa shape index (κ3) is 2.22. The second-order valence-electron chi connectivity index (χ2n) is 3.06. The molecule has 74 valence electrons. The second kappa shape index (κ2) is 4.24. The van der Waals surface area contributed by atoms with Gasteiger partial charge in [-0.3, -0.25) is 9.78 Å². The summed E-state index contributed by atoms with van der Waals surface area (Å²) >= 11 is 5.69. The van der Waals surface area contributed by atoms with Crippen molar-refractivity contribution < 1.29 is 4.79 Å². The molecule has 1 aromatic carbocycles. The van der Waals surface area contributed by atoms with Crippen LogP contribution in [-0.4, -0.2) is 10.8 Å². The Hall–Kier alpha value is -1.67. The molecular formula is C12H8ClNO. The van der Waals surface area contributed by atoms with Gasteiger partial charge < -0.3 is 0 Å². The molecule has 0 saturated heterocycles. The van der Waals surface area contributed by atoms with E-state index in [0.29, 0.717) is 16.3 Å². The molecule has 1 heterocycles. The maximum atomic E-state index is 11.9. The Bertz CT molecular complexity index is 465. The minimum absolute atomic E-state index is 0.0905. The quantitative estimate of drug-likeness (QED) is 0.724. The number of carbonyl (C=O) groups is 1. The molecule has 2 rings (SSSR count). The minimum Gasteiger partial charge on any atom is -0.287 e. The van der Waals surface area contributed by atoms with Gasteiger partial charge in [0, 0.05) is 11.8 Å². The Balaban J connectivity index is 2.33. The largest absolute Gasteiger partial charge is 0.287 e. The van der Waals surface area contributed by atoms with Crippen LogP contribution in [0.1, 0.15) is 16.1 Å². The SMILES string of the molecule is O=C(c1ccccc1)c1ccc(Cl)cn1. The van der Waals surface area contributed by atoms with Crippen molar-refractivity contribution in [3.8, 4) is 0 Å². The number of hydrogen-bond acceptors (Lipinski definition) is 2. The molecule has 0 aliphatic rings. The van der Waals surface area contributed by atoms with Crippen LogP contribution in [0, 0.1) is 0 Å². The Kier molecular flexibility index (Phi) is 2.79.